The van der Waals surface area contributed by atoms with Crippen molar-refractivity contribution in [3.63, 3.8) is 0 Å². The molecule has 0 saturated heterocycles. The minimum absolute atomic E-state index is 0.205. The molecule has 3 rings (SSSR count). The van der Waals surface area contributed by atoms with Crippen LogP contribution in [-0.2, 0) is 0 Å². The van der Waals surface area contributed by atoms with E-state index in [1.165, 1.54) is 6.20 Å². The zero-order chi connectivity index (χ0) is 11.8. The Kier molecular flexibility index (Phi) is 2.14. The summed E-state index contributed by atoms with van der Waals surface area (Å²) in [6, 6.07) is 0. The third kappa shape index (κ3) is 1.77. The van der Waals surface area contributed by atoms with Gasteiger partial charge in [-0.1, -0.05) is 0 Å². The van der Waals surface area contributed by atoms with E-state index in [1.807, 2.05) is 0 Å². The second-order valence-electron chi connectivity index (χ2n) is 4.02. The van der Waals surface area contributed by atoms with Crippen molar-refractivity contribution in [2.24, 2.45) is 0 Å². The van der Waals surface area contributed by atoms with E-state index in [0.717, 1.165) is 12.8 Å². The largest absolute Gasteiger partial charge is 0.478 e. The molecule has 1 saturated carbocycles. The number of carbonyl (C=O) groups is 1. The van der Waals surface area contributed by atoms with Crippen LogP contribution >= 0.6 is 0 Å². The predicted octanol–water partition coefficient (Wildman–Crippen LogP) is 1.24. The number of nitrogens with zero attached hydrogens (tertiary/aromatic N) is 4. The Balaban J connectivity index is 2.09. The van der Waals surface area contributed by atoms with Crippen LogP contribution in [0.3, 0.4) is 0 Å². The van der Waals surface area contributed by atoms with Crippen LogP contribution in [0.1, 0.15) is 34.8 Å². The van der Waals surface area contributed by atoms with E-state index in [0.29, 0.717) is 11.6 Å². The summed E-state index contributed by atoms with van der Waals surface area (Å²) >= 11 is 0. The Labute approximate surface area is 97.0 Å². The highest BCUT2D eigenvalue weighted by atomic mass is 16.4. The molecule has 1 N–H and O–H groups in total. The van der Waals surface area contributed by atoms with Crippen LogP contribution < -0.4 is 0 Å². The minimum Gasteiger partial charge on any atom is -0.478 e. The quantitative estimate of drug-likeness (QED) is 0.857. The number of imidazole rings is 1. The van der Waals surface area contributed by atoms with Crippen LogP contribution in [0.5, 0.6) is 0 Å². The first kappa shape index (κ1) is 9.95. The molecule has 2 aromatic heterocycles. The first-order chi connectivity index (χ1) is 8.25. The summed E-state index contributed by atoms with van der Waals surface area (Å²) in [6.45, 7) is 0. The molecule has 1 aliphatic carbocycles. The van der Waals surface area contributed by atoms with E-state index in [-0.39, 0.29) is 11.5 Å². The zero-order valence-corrected chi connectivity index (χ0v) is 8.95. The average Bonchev–Trinajstić information content (AvgIpc) is 3.03. The first-order valence-electron chi connectivity index (χ1n) is 5.34. The van der Waals surface area contributed by atoms with Crippen molar-refractivity contribution in [3.8, 4) is 5.95 Å². The lowest BCUT2D eigenvalue weighted by Gasteiger charge is -2.06. The highest BCUT2D eigenvalue weighted by Gasteiger charge is 2.30. The molecule has 0 aromatic carbocycles. The van der Waals surface area contributed by atoms with Crippen molar-refractivity contribution in [2.75, 3.05) is 0 Å². The van der Waals surface area contributed by atoms with Gasteiger partial charge in [0.15, 0.2) is 0 Å². The number of carboxylic acids is 1. The standard InChI is InChI=1S/C11H10N4O2/c16-10(17)8-5-13-11(15-4-3-12-6-15)14-9(8)7-1-2-7/h3-7H,1-2H2,(H,16,17). The molecule has 0 radical (unpaired) electrons. The lowest BCUT2D eigenvalue weighted by Crippen LogP contribution is -2.09. The van der Waals surface area contributed by atoms with Crippen molar-refractivity contribution in [2.45, 2.75) is 18.8 Å². The van der Waals surface area contributed by atoms with Crippen LogP contribution in [0, 0.1) is 0 Å². The number of hydrogen-bond acceptors (Lipinski definition) is 4. The molecule has 0 aliphatic heterocycles. The molecule has 0 unspecified atom stereocenters. The fourth-order valence-corrected chi connectivity index (χ4v) is 1.72. The Hall–Kier alpha value is -2.24. The lowest BCUT2D eigenvalue weighted by molar-refractivity contribution is 0.0694. The summed E-state index contributed by atoms with van der Waals surface area (Å²) in [5.41, 5.74) is 0.840. The number of hydrogen-bond donors (Lipinski definition) is 1. The van der Waals surface area contributed by atoms with Crippen molar-refractivity contribution in [1.82, 2.24) is 19.5 Å². The monoisotopic (exact) mass is 230 g/mol. The highest BCUT2D eigenvalue weighted by molar-refractivity contribution is 5.88. The van der Waals surface area contributed by atoms with E-state index in [2.05, 4.69) is 15.0 Å². The minimum atomic E-state index is -0.968. The zero-order valence-electron chi connectivity index (χ0n) is 8.95. The molecule has 2 aromatic rings. The van der Waals surface area contributed by atoms with Crippen molar-refractivity contribution in [1.29, 1.82) is 0 Å². The van der Waals surface area contributed by atoms with Crippen LogP contribution in [0.2, 0.25) is 0 Å². The summed E-state index contributed by atoms with van der Waals surface area (Å²) in [4.78, 5) is 23.3. The van der Waals surface area contributed by atoms with E-state index in [4.69, 9.17) is 5.11 Å². The molecule has 86 valence electrons. The van der Waals surface area contributed by atoms with Gasteiger partial charge < -0.3 is 5.11 Å². The topological polar surface area (TPSA) is 80.9 Å². The van der Waals surface area contributed by atoms with E-state index < -0.39 is 5.97 Å². The average molecular weight is 230 g/mol. The van der Waals surface area contributed by atoms with Crippen molar-refractivity contribution in [3.05, 3.63) is 36.2 Å². The molecule has 6 nitrogen and oxygen atoms in total. The van der Waals surface area contributed by atoms with Crippen LogP contribution in [0.25, 0.3) is 5.95 Å². The molecule has 0 amide bonds. The highest BCUT2D eigenvalue weighted by Crippen LogP contribution is 2.40. The molecule has 2 heterocycles. The predicted molar refractivity (Wildman–Crippen MR) is 58.1 cm³/mol. The Morgan fingerprint density at radius 2 is 2.29 bits per heavy atom. The number of aromatic nitrogens is 4. The molecule has 6 heteroatoms. The SMILES string of the molecule is O=C(O)c1cnc(-n2ccnc2)nc1C1CC1. The van der Waals surface area contributed by atoms with Gasteiger partial charge in [-0.25, -0.2) is 19.7 Å². The summed E-state index contributed by atoms with van der Waals surface area (Å²) < 4.78 is 1.66. The maximum atomic E-state index is 11.1. The van der Waals surface area contributed by atoms with Gasteiger partial charge in [-0.2, -0.15) is 0 Å². The summed E-state index contributed by atoms with van der Waals surface area (Å²) in [6.07, 6.45) is 8.32. The summed E-state index contributed by atoms with van der Waals surface area (Å²) in [5.74, 6) is -0.232. The second kappa shape index (κ2) is 3.65. The third-order valence-electron chi connectivity index (χ3n) is 2.74. The van der Waals surface area contributed by atoms with E-state index >= 15 is 0 Å². The first-order valence-corrected chi connectivity index (χ1v) is 5.34. The smallest absolute Gasteiger partial charge is 0.339 e. The molecule has 1 fully saturated rings. The molecule has 0 bridgehead atoms. The van der Waals surface area contributed by atoms with Gasteiger partial charge in [-0.05, 0) is 12.8 Å². The van der Waals surface area contributed by atoms with Crippen molar-refractivity contribution < 1.29 is 9.90 Å². The fourth-order valence-electron chi connectivity index (χ4n) is 1.72. The lowest BCUT2D eigenvalue weighted by atomic mass is 10.1. The molecule has 17 heavy (non-hydrogen) atoms. The number of carboxylic acid groups (broad SMARTS) is 1. The van der Waals surface area contributed by atoms with Crippen LogP contribution in [0.15, 0.2) is 24.9 Å². The summed E-state index contributed by atoms with van der Waals surface area (Å²) in [5, 5.41) is 9.06. The molecular formula is C11H10N4O2. The maximum absolute atomic E-state index is 11.1. The Morgan fingerprint density at radius 3 is 2.88 bits per heavy atom. The Bertz CT molecular complexity index is 561. The van der Waals surface area contributed by atoms with E-state index in [9.17, 15) is 4.79 Å². The normalized spacial score (nSPS) is 14.8. The molecule has 0 spiro atoms. The maximum Gasteiger partial charge on any atom is 0.339 e. The van der Waals surface area contributed by atoms with Gasteiger partial charge in [0.05, 0.1) is 11.3 Å². The second-order valence-corrected chi connectivity index (χ2v) is 4.02. The van der Waals surface area contributed by atoms with Crippen LogP contribution in [-0.4, -0.2) is 30.6 Å². The number of rotatable bonds is 3. The van der Waals surface area contributed by atoms with Gasteiger partial charge in [0.25, 0.3) is 0 Å². The van der Waals surface area contributed by atoms with Crippen molar-refractivity contribution >= 4 is 5.97 Å². The van der Waals surface area contributed by atoms with Gasteiger partial charge in [0.2, 0.25) is 5.95 Å². The molecular weight excluding hydrogens is 220 g/mol. The molecule has 0 atom stereocenters. The van der Waals surface area contributed by atoms with Gasteiger partial charge in [-0.15, -0.1) is 0 Å². The fraction of sp³-hybridized carbons (Fsp3) is 0.273. The summed E-state index contributed by atoms with van der Waals surface area (Å²) in [7, 11) is 0. The van der Waals surface area contributed by atoms with Gasteiger partial charge >= 0.3 is 5.97 Å². The van der Waals surface area contributed by atoms with Gasteiger partial charge in [0.1, 0.15) is 6.33 Å². The van der Waals surface area contributed by atoms with Crippen LogP contribution in [0.4, 0.5) is 0 Å². The van der Waals surface area contributed by atoms with Gasteiger partial charge in [-0.3, -0.25) is 4.57 Å². The van der Waals surface area contributed by atoms with E-state index in [1.54, 1.807) is 23.3 Å². The third-order valence-corrected chi connectivity index (χ3v) is 2.74. The number of aromatic carboxylic acids is 1. The van der Waals surface area contributed by atoms with Gasteiger partial charge in [0, 0.05) is 24.5 Å². The molecule has 1 aliphatic rings. The Morgan fingerprint density at radius 1 is 1.47 bits per heavy atom.